The van der Waals surface area contributed by atoms with Gasteiger partial charge >= 0.3 is 0 Å². The predicted octanol–water partition coefficient (Wildman–Crippen LogP) is 4.17. The van der Waals surface area contributed by atoms with Gasteiger partial charge in [0, 0.05) is 5.41 Å². The van der Waals surface area contributed by atoms with Gasteiger partial charge in [0.15, 0.2) is 0 Å². The van der Waals surface area contributed by atoms with Crippen molar-refractivity contribution in [3.8, 4) is 0 Å². The SMILES string of the molecule is CC(=O)C1(C)CCC2=C(CCc3ccccc32)C1. The standard InChI is InChI=1S/C17H20O/c1-12(18)17(2)10-9-16-14(11-17)8-7-13-5-3-4-6-15(13)16/h3-6H,7-11H2,1-2H3. The van der Waals surface area contributed by atoms with E-state index in [9.17, 15) is 4.79 Å². The van der Waals surface area contributed by atoms with Gasteiger partial charge in [-0.15, -0.1) is 0 Å². The predicted molar refractivity (Wildman–Crippen MR) is 74.3 cm³/mol. The number of hydrogen-bond donors (Lipinski definition) is 0. The monoisotopic (exact) mass is 240 g/mol. The van der Waals surface area contributed by atoms with Crippen molar-refractivity contribution in [2.24, 2.45) is 5.41 Å². The molecular weight excluding hydrogens is 220 g/mol. The molecule has 1 nitrogen and oxygen atoms in total. The number of benzene rings is 1. The van der Waals surface area contributed by atoms with Crippen LogP contribution in [0.25, 0.3) is 5.57 Å². The minimum Gasteiger partial charge on any atom is -0.299 e. The lowest BCUT2D eigenvalue weighted by molar-refractivity contribution is -0.126. The molecule has 2 aliphatic carbocycles. The van der Waals surface area contributed by atoms with Gasteiger partial charge in [-0.25, -0.2) is 0 Å². The number of ketones is 1. The van der Waals surface area contributed by atoms with Crippen LogP contribution in [0, 0.1) is 5.41 Å². The molecule has 2 aliphatic rings. The summed E-state index contributed by atoms with van der Waals surface area (Å²) in [5, 5.41) is 0. The van der Waals surface area contributed by atoms with Crippen LogP contribution >= 0.6 is 0 Å². The van der Waals surface area contributed by atoms with Crippen molar-refractivity contribution in [3.05, 3.63) is 41.0 Å². The summed E-state index contributed by atoms with van der Waals surface area (Å²) in [5.41, 5.74) is 5.91. The number of Topliss-reactive ketones (excluding diaryl/α,β-unsaturated/α-hetero) is 1. The molecule has 0 heterocycles. The minimum atomic E-state index is -0.106. The van der Waals surface area contributed by atoms with Gasteiger partial charge in [-0.1, -0.05) is 36.8 Å². The van der Waals surface area contributed by atoms with Gasteiger partial charge in [-0.05, 0) is 55.7 Å². The Morgan fingerprint density at radius 3 is 2.72 bits per heavy atom. The van der Waals surface area contributed by atoms with Crippen LogP contribution in [-0.2, 0) is 11.2 Å². The molecule has 0 radical (unpaired) electrons. The lowest BCUT2D eigenvalue weighted by Crippen LogP contribution is -2.30. The fraction of sp³-hybridized carbons (Fsp3) is 0.471. The quantitative estimate of drug-likeness (QED) is 0.720. The molecule has 1 aromatic carbocycles. The Morgan fingerprint density at radius 2 is 1.94 bits per heavy atom. The largest absolute Gasteiger partial charge is 0.299 e. The van der Waals surface area contributed by atoms with Crippen molar-refractivity contribution in [2.45, 2.75) is 46.0 Å². The Kier molecular flexibility index (Phi) is 2.65. The second-order valence-electron chi connectivity index (χ2n) is 6.03. The highest BCUT2D eigenvalue weighted by Gasteiger charge is 2.36. The molecule has 0 saturated carbocycles. The molecule has 1 unspecified atom stereocenters. The summed E-state index contributed by atoms with van der Waals surface area (Å²) in [6.45, 7) is 3.89. The summed E-state index contributed by atoms with van der Waals surface area (Å²) in [4.78, 5) is 11.8. The number of fused-ring (bicyclic) bond motifs is 2. The Hall–Kier alpha value is -1.37. The Morgan fingerprint density at radius 1 is 1.17 bits per heavy atom. The van der Waals surface area contributed by atoms with Crippen LogP contribution < -0.4 is 0 Å². The van der Waals surface area contributed by atoms with E-state index in [0.29, 0.717) is 5.78 Å². The van der Waals surface area contributed by atoms with E-state index in [1.165, 1.54) is 22.3 Å². The van der Waals surface area contributed by atoms with Crippen molar-refractivity contribution in [1.29, 1.82) is 0 Å². The van der Waals surface area contributed by atoms with Crippen molar-refractivity contribution >= 4 is 11.4 Å². The van der Waals surface area contributed by atoms with Crippen molar-refractivity contribution in [3.63, 3.8) is 0 Å². The molecule has 3 rings (SSSR count). The average molecular weight is 240 g/mol. The Labute approximate surface area is 109 Å². The molecule has 0 amide bonds. The molecule has 18 heavy (non-hydrogen) atoms. The topological polar surface area (TPSA) is 17.1 Å². The molecule has 1 heteroatoms. The normalized spacial score (nSPS) is 26.6. The first-order valence-corrected chi connectivity index (χ1v) is 6.90. The number of hydrogen-bond acceptors (Lipinski definition) is 1. The number of allylic oxidation sites excluding steroid dienone is 2. The van der Waals surface area contributed by atoms with Gasteiger partial charge in [0.05, 0.1) is 0 Å². The summed E-state index contributed by atoms with van der Waals surface area (Å²) in [5.74, 6) is 0.355. The Balaban J connectivity index is 2.02. The zero-order chi connectivity index (χ0) is 12.8. The Bertz CT molecular complexity index is 538. The second-order valence-corrected chi connectivity index (χ2v) is 6.03. The summed E-state index contributed by atoms with van der Waals surface area (Å²) < 4.78 is 0. The van der Waals surface area contributed by atoms with E-state index in [4.69, 9.17) is 0 Å². The van der Waals surface area contributed by atoms with E-state index in [1.54, 1.807) is 6.92 Å². The maximum atomic E-state index is 11.8. The van der Waals surface area contributed by atoms with Gasteiger partial charge < -0.3 is 0 Å². The third kappa shape index (κ3) is 1.73. The van der Waals surface area contributed by atoms with Gasteiger partial charge in [-0.2, -0.15) is 0 Å². The lowest BCUT2D eigenvalue weighted by atomic mass is 9.66. The van der Waals surface area contributed by atoms with Crippen LogP contribution in [0.5, 0.6) is 0 Å². The van der Waals surface area contributed by atoms with Crippen LogP contribution in [0.4, 0.5) is 0 Å². The van der Waals surface area contributed by atoms with Crippen molar-refractivity contribution in [1.82, 2.24) is 0 Å². The molecule has 0 spiro atoms. The number of aryl methyl sites for hydroxylation is 1. The van der Waals surface area contributed by atoms with Crippen LogP contribution in [-0.4, -0.2) is 5.78 Å². The molecule has 0 fully saturated rings. The highest BCUT2D eigenvalue weighted by Crippen LogP contribution is 2.47. The zero-order valence-electron chi connectivity index (χ0n) is 11.3. The average Bonchev–Trinajstić information content (AvgIpc) is 2.38. The molecule has 0 aliphatic heterocycles. The fourth-order valence-electron chi connectivity index (χ4n) is 3.43. The van der Waals surface area contributed by atoms with Crippen LogP contribution in [0.15, 0.2) is 29.8 Å². The molecular formula is C17H20O. The third-order valence-electron chi connectivity index (χ3n) is 4.85. The van der Waals surface area contributed by atoms with Crippen molar-refractivity contribution < 1.29 is 4.79 Å². The van der Waals surface area contributed by atoms with E-state index >= 15 is 0 Å². The summed E-state index contributed by atoms with van der Waals surface area (Å²) in [7, 11) is 0. The highest BCUT2D eigenvalue weighted by molar-refractivity contribution is 5.85. The van der Waals surface area contributed by atoms with Gasteiger partial charge in [-0.3, -0.25) is 4.79 Å². The maximum absolute atomic E-state index is 11.8. The molecule has 94 valence electrons. The first-order valence-electron chi connectivity index (χ1n) is 6.90. The number of carbonyl (C=O) groups excluding carboxylic acids is 1. The third-order valence-corrected chi connectivity index (χ3v) is 4.85. The molecule has 0 bridgehead atoms. The summed E-state index contributed by atoms with van der Waals surface area (Å²) >= 11 is 0. The van der Waals surface area contributed by atoms with Crippen LogP contribution in [0.2, 0.25) is 0 Å². The van der Waals surface area contributed by atoms with Gasteiger partial charge in [0.2, 0.25) is 0 Å². The number of rotatable bonds is 1. The first-order chi connectivity index (χ1) is 8.60. The minimum absolute atomic E-state index is 0.106. The summed E-state index contributed by atoms with van der Waals surface area (Å²) in [6, 6.07) is 8.76. The van der Waals surface area contributed by atoms with E-state index < -0.39 is 0 Å². The van der Waals surface area contributed by atoms with E-state index in [1.807, 2.05) is 0 Å². The molecule has 0 saturated heterocycles. The fourth-order valence-corrected chi connectivity index (χ4v) is 3.43. The maximum Gasteiger partial charge on any atom is 0.136 e. The first kappa shape index (κ1) is 11.7. The van der Waals surface area contributed by atoms with Crippen LogP contribution in [0.1, 0.15) is 50.7 Å². The van der Waals surface area contributed by atoms with Crippen molar-refractivity contribution in [2.75, 3.05) is 0 Å². The van der Waals surface area contributed by atoms with Gasteiger partial charge in [0.25, 0.3) is 0 Å². The van der Waals surface area contributed by atoms with Crippen LogP contribution in [0.3, 0.4) is 0 Å². The van der Waals surface area contributed by atoms with E-state index in [0.717, 1.165) is 32.1 Å². The number of carbonyl (C=O) groups is 1. The molecule has 0 N–H and O–H groups in total. The molecule has 0 aromatic heterocycles. The smallest absolute Gasteiger partial charge is 0.136 e. The lowest BCUT2D eigenvalue weighted by Gasteiger charge is -2.37. The van der Waals surface area contributed by atoms with Gasteiger partial charge in [0.1, 0.15) is 5.78 Å². The van der Waals surface area contributed by atoms with E-state index in [-0.39, 0.29) is 5.41 Å². The van der Waals surface area contributed by atoms with E-state index in [2.05, 4.69) is 31.2 Å². The second kappa shape index (κ2) is 4.08. The zero-order valence-corrected chi connectivity index (χ0v) is 11.3. The molecule has 1 atom stereocenters. The molecule has 1 aromatic rings. The highest BCUT2D eigenvalue weighted by atomic mass is 16.1. The summed E-state index contributed by atoms with van der Waals surface area (Å²) in [6.07, 6.45) is 5.35.